The second kappa shape index (κ2) is 5.93. The van der Waals surface area contributed by atoms with E-state index in [1.165, 1.54) is 6.07 Å². The number of aliphatic hydroxyl groups is 1. The number of anilines is 1. The summed E-state index contributed by atoms with van der Waals surface area (Å²) in [5, 5.41) is 21.8. The van der Waals surface area contributed by atoms with Crippen LogP contribution in [0.5, 0.6) is 5.75 Å². The number of hydrogen-bond donors (Lipinski definition) is 3. The molecule has 104 valence electrons. The zero-order valence-electron chi connectivity index (χ0n) is 10.9. The van der Waals surface area contributed by atoms with Gasteiger partial charge in [0.05, 0.1) is 24.5 Å². The normalized spacial score (nSPS) is 22.8. The average Bonchev–Trinajstić information content (AvgIpc) is 2.41. The maximum atomic E-state index is 11.0. The standard InChI is InChI=1S/C14H19NO4/c1-19-13-7-2-9(14(17)18)8-12(13)15-10-3-5-11(16)6-4-10/h2,7-8,10-11,15-16H,3-6H2,1H3,(H,17,18). The summed E-state index contributed by atoms with van der Waals surface area (Å²) in [6, 6.07) is 5.02. The lowest BCUT2D eigenvalue weighted by atomic mass is 9.93. The molecule has 0 atom stereocenters. The van der Waals surface area contributed by atoms with Gasteiger partial charge in [0.1, 0.15) is 5.75 Å². The van der Waals surface area contributed by atoms with Gasteiger partial charge in [-0.15, -0.1) is 0 Å². The van der Waals surface area contributed by atoms with Crippen molar-refractivity contribution in [3.63, 3.8) is 0 Å². The SMILES string of the molecule is COc1ccc(C(=O)O)cc1NC1CCC(O)CC1. The van der Waals surface area contributed by atoms with Crippen LogP contribution < -0.4 is 10.1 Å². The van der Waals surface area contributed by atoms with E-state index in [1.54, 1.807) is 19.2 Å². The minimum atomic E-state index is -0.954. The quantitative estimate of drug-likeness (QED) is 0.777. The van der Waals surface area contributed by atoms with E-state index >= 15 is 0 Å². The van der Waals surface area contributed by atoms with Gasteiger partial charge in [-0.3, -0.25) is 0 Å². The molecular weight excluding hydrogens is 246 g/mol. The predicted octanol–water partition coefficient (Wildman–Crippen LogP) is 2.11. The first-order valence-electron chi connectivity index (χ1n) is 6.46. The van der Waals surface area contributed by atoms with E-state index in [4.69, 9.17) is 9.84 Å². The number of carboxylic acid groups (broad SMARTS) is 1. The molecule has 0 bridgehead atoms. The molecule has 5 nitrogen and oxygen atoms in total. The van der Waals surface area contributed by atoms with Crippen molar-refractivity contribution in [2.24, 2.45) is 0 Å². The Hall–Kier alpha value is -1.75. The molecule has 5 heteroatoms. The van der Waals surface area contributed by atoms with Crippen LogP contribution in [0, 0.1) is 0 Å². The fraction of sp³-hybridized carbons (Fsp3) is 0.500. The summed E-state index contributed by atoms with van der Waals surface area (Å²) in [6.07, 6.45) is 3.10. The molecule has 2 rings (SSSR count). The molecule has 1 saturated carbocycles. The second-order valence-electron chi connectivity index (χ2n) is 4.87. The molecule has 1 aliphatic carbocycles. The van der Waals surface area contributed by atoms with Gasteiger partial charge in [-0.25, -0.2) is 4.79 Å². The second-order valence-corrected chi connectivity index (χ2v) is 4.87. The topological polar surface area (TPSA) is 78.8 Å². The van der Waals surface area contributed by atoms with E-state index in [-0.39, 0.29) is 17.7 Å². The lowest BCUT2D eigenvalue weighted by Crippen LogP contribution is -2.28. The van der Waals surface area contributed by atoms with Crippen LogP contribution in [0.2, 0.25) is 0 Å². The number of hydrogen-bond acceptors (Lipinski definition) is 4. The Morgan fingerprint density at radius 3 is 2.58 bits per heavy atom. The molecule has 1 fully saturated rings. The van der Waals surface area contributed by atoms with Crippen molar-refractivity contribution in [1.29, 1.82) is 0 Å². The highest BCUT2D eigenvalue weighted by molar-refractivity contribution is 5.89. The third-order valence-corrected chi connectivity index (χ3v) is 3.50. The summed E-state index contributed by atoms with van der Waals surface area (Å²) < 4.78 is 5.24. The van der Waals surface area contributed by atoms with Crippen LogP contribution in [-0.4, -0.2) is 35.4 Å². The van der Waals surface area contributed by atoms with Crippen molar-refractivity contribution in [3.8, 4) is 5.75 Å². The first-order valence-corrected chi connectivity index (χ1v) is 6.46. The van der Waals surface area contributed by atoms with Crippen molar-refractivity contribution in [3.05, 3.63) is 23.8 Å². The molecule has 19 heavy (non-hydrogen) atoms. The van der Waals surface area contributed by atoms with Gasteiger partial charge < -0.3 is 20.3 Å². The van der Waals surface area contributed by atoms with E-state index < -0.39 is 5.97 Å². The molecule has 0 radical (unpaired) electrons. The third-order valence-electron chi connectivity index (χ3n) is 3.50. The smallest absolute Gasteiger partial charge is 0.335 e. The highest BCUT2D eigenvalue weighted by Crippen LogP contribution is 2.29. The average molecular weight is 265 g/mol. The first kappa shape index (κ1) is 13.7. The van der Waals surface area contributed by atoms with Gasteiger partial charge in [0, 0.05) is 6.04 Å². The number of carboxylic acids is 1. The molecule has 3 N–H and O–H groups in total. The van der Waals surface area contributed by atoms with Gasteiger partial charge in [-0.1, -0.05) is 0 Å². The molecule has 0 aliphatic heterocycles. The van der Waals surface area contributed by atoms with Crippen LogP contribution in [0.4, 0.5) is 5.69 Å². The van der Waals surface area contributed by atoms with Crippen LogP contribution in [0.15, 0.2) is 18.2 Å². The summed E-state index contributed by atoms with van der Waals surface area (Å²) in [6.45, 7) is 0. The number of rotatable bonds is 4. The van der Waals surface area contributed by atoms with Crippen LogP contribution in [0.25, 0.3) is 0 Å². The molecule has 1 aromatic carbocycles. The van der Waals surface area contributed by atoms with Crippen LogP contribution in [0.3, 0.4) is 0 Å². The molecular formula is C14H19NO4. The van der Waals surface area contributed by atoms with Crippen LogP contribution in [0.1, 0.15) is 36.0 Å². The maximum Gasteiger partial charge on any atom is 0.335 e. The van der Waals surface area contributed by atoms with Crippen LogP contribution in [-0.2, 0) is 0 Å². The minimum absolute atomic E-state index is 0.203. The Morgan fingerprint density at radius 1 is 1.32 bits per heavy atom. The van der Waals surface area contributed by atoms with Gasteiger partial charge in [-0.2, -0.15) is 0 Å². The molecule has 1 aliphatic rings. The number of methoxy groups -OCH3 is 1. The van der Waals surface area contributed by atoms with Gasteiger partial charge in [0.2, 0.25) is 0 Å². The van der Waals surface area contributed by atoms with Gasteiger partial charge in [0.25, 0.3) is 0 Å². The molecule has 0 amide bonds. The number of aromatic carboxylic acids is 1. The Bertz CT molecular complexity index is 453. The number of benzene rings is 1. The van der Waals surface area contributed by atoms with Crippen LogP contribution >= 0.6 is 0 Å². The van der Waals surface area contributed by atoms with E-state index in [1.807, 2.05) is 0 Å². The molecule has 0 heterocycles. The van der Waals surface area contributed by atoms with Gasteiger partial charge >= 0.3 is 5.97 Å². The summed E-state index contributed by atoms with van der Waals surface area (Å²) in [7, 11) is 1.56. The zero-order chi connectivity index (χ0) is 13.8. The van der Waals surface area contributed by atoms with Gasteiger partial charge in [-0.05, 0) is 43.9 Å². The Balaban J connectivity index is 2.13. The van der Waals surface area contributed by atoms with Crippen molar-refractivity contribution in [2.75, 3.05) is 12.4 Å². The van der Waals surface area contributed by atoms with E-state index in [0.29, 0.717) is 11.4 Å². The number of carbonyl (C=O) groups is 1. The zero-order valence-corrected chi connectivity index (χ0v) is 10.9. The third kappa shape index (κ3) is 3.38. The lowest BCUT2D eigenvalue weighted by molar-refractivity contribution is 0.0697. The molecule has 1 aromatic rings. The number of ether oxygens (including phenoxy) is 1. The first-order chi connectivity index (χ1) is 9.10. The van der Waals surface area contributed by atoms with Crippen molar-refractivity contribution in [1.82, 2.24) is 0 Å². The van der Waals surface area contributed by atoms with Crippen molar-refractivity contribution < 1.29 is 19.7 Å². The molecule has 0 unspecified atom stereocenters. The van der Waals surface area contributed by atoms with Gasteiger partial charge in [0.15, 0.2) is 0 Å². The van der Waals surface area contributed by atoms with Crippen molar-refractivity contribution in [2.45, 2.75) is 37.8 Å². The Labute approximate surface area is 112 Å². The van der Waals surface area contributed by atoms with Crippen molar-refractivity contribution >= 4 is 11.7 Å². The monoisotopic (exact) mass is 265 g/mol. The maximum absolute atomic E-state index is 11.0. The minimum Gasteiger partial charge on any atom is -0.495 e. The van der Waals surface area contributed by atoms with E-state index in [9.17, 15) is 9.90 Å². The predicted molar refractivity (Wildman–Crippen MR) is 71.8 cm³/mol. The summed E-state index contributed by atoms with van der Waals surface area (Å²) >= 11 is 0. The largest absolute Gasteiger partial charge is 0.495 e. The highest BCUT2D eigenvalue weighted by Gasteiger charge is 2.20. The number of aliphatic hydroxyl groups excluding tert-OH is 1. The fourth-order valence-electron chi connectivity index (χ4n) is 2.39. The lowest BCUT2D eigenvalue weighted by Gasteiger charge is -2.27. The number of nitrogens with one attached hydrogen (secondary N) is 1. The molecule has 0 spiro atoms. The summed E-state index contributed by atoms with van der Waals surface area (Å²) in [5.41, 5.74) is 0.933. The fourth-order valence-corrected chi connectivity index (χ4v) is 2.39. The Kier molecular flexibility index (Phi) is 4.27. The summed E-state index contributed by atoms with van der Waals surface area (Å²) in [4.78, 5) is 11.0. The molecule has 0 aromatic heterocycles. The highest BCUT2D eigenvalue weighted by atomic mass is 16.5. The summed E-state index contributed by atoms with van der Waals surface area (Å²) in [5.74, 6) is -0.319. The molecule has 0 saturated heterocycles. The van der Waals surface area contributed by atoms with E-state index in [0.717, 1.165) is 25.7 Å². The Morgan fingerprint density at radius 2 is 2.00 bits per heavy atom. The van der Waals surface area contributed by atoms with E-state index in [2.05, 4.69) is 5.32 Å².